The van der Waals surface area contributed by atoms with Crippen molar-refractivity contribution < 1.29 is 9.90 Å². The Bertz CT molecular complexity index is 1520. The Morgan fingerprint density at radius 3 is 1.94 bits per heavy atom. The molecule has 5 aromatic rings. The van der Waals surface area contributed by atoms with Gasteiger partial charge in [0.25, 0.3) is 11.5 Å². The van der Waals surface area contributed by atoms with Gasteiger partial charge in [-0.2, -0.15) is 4.68 Å². The Morgan fingerprint density at radius 1 is 0.806 bits per heavy atom. The van der Waals surface area contributed by atoms with Crippen molar-refractivity contribution in [2.75, 3.05) is 5.43 Å². The van der Waals surface area contributed by atoms with Crippen LogP contribution in [-0.2, 0) is 16.1 Å². The number of aliphatic hydroxyl groups is 1. The van der Waals surface area contributed by atoms with Gasteiger partial charge in [-0.3, -0.25) is 15.0 Å². The predicted molar refractivity (Wildman–Crippen MR) is 142 cm³/mol. The number of para-hydroxylation sites is 1. The predicted octanol–water partition coefficient (Wildman–Crippen LogP) is 4.70. The average molecular weight is 494 g/mol. The van der Waals surface area contributed by atoms with Crippen LogP contribution in [0.2, 0.25) is 0 Å². The fourth-order valence-electron chi connectivity index (χ4n) is 4.00. The maximum atomic E-state index is 13.8. The van der Waals surface area contributed by atoms with Crippen LogP contribution in [0.3, 0.4) is 0 Å². The standard InChI is InChI=1S/C29H23N3O3S/c33-26-24-18-10-11-19-25(24)30-28(36-20-21-12-4-1-5-13-21)32(26)31-27(34)29(35,22-14-6-2-7-15-22)23-16-8-3-9-17-23/h1-19,35H,20H2,(H,31,34). The average Bonchev–Trinajstić information content (AvgIpc) is 2.94. The molecule has 0 saturated carbocycles. The second-order valence-electron chi connectivity index (χ2n) is 8.21. The van der Waals surface area contributed by atoms with Crippen molar-refractivity contribution in [3.63, 3.8) is 0 Å². The Morgan fingerprint density at radius 2 is 1.33 bits per heavy atom. The molecule has 7 heteroatoms. The van der Waals surface area contributed by atoms with Crippen molar-refractivity contribution in [2.24, 2.45) is 0 Å². The van der Waals surface area contributed by atoms with Crippen LogP contribution in [0.25, 0.3) is 10.9 Å². The molecule has 0 aliphatic heterocycles. The second kappa shape index (κ2) is 10.2. The Hall–Kier alpha value is -4.20. The molecule has 0 spiro atoms. The highest BCUT2D eigenvalue weighted by Gasteiger charge is 2.40. The lowest BCUT2D eigenvalue weighted by Gasteiger charge is -2.28. The minimum Gasteiger partial charge on any atom is -0.372 e. The van der Waals surface area contributed by atoms with Crippen molar-refractivity contribution >= 4 is 28.6 Å². The molecule has 0 fully saturated rings. The molecule has 178 valence electrons. The summed E-state index contributed by atoms with van der Waals surface area (Å²) < 4.78 is 1.13. The molecule has 1 heterocycles. The minimum atomic E-state index is -2.03. The van der Waals surface area contributed by atoms with Gasteiger partial charge in [0.05, 0.1) is 10.9 Å². The number of carbonyl (C=O) groups is 1. The largest absolute Gasteiger partial charge is 0.372 e. The maximum Gasteiger partial charge on any atom is 0.281 e. The van der Waals surface area contributed by atoms with Crippen molar-refractivity contribution in [3.05, 3.63) is 142 Å². The van der Waals surface area contributed by atoms with E-state index in [4.69, 9.17) is 0 Å². The fourth-order valence-corrected chi connectivity index (χ4v) is 4.91. The first kappa shape index (κ1) is 23.5. The third kappa shape index (κ3) is 4.54. The van der Waals surface area contributed by atoms with Crippen molar-refractivity contribution in [3.8, 4) is 0 Å². The molecule has 4 aromatic carbocycles. The van der Waals surface area contributed by atoms with Crippen LogP contribution in [0.15, 0.2) is 125 Å². The molecule has 1 amide bonds. The number of thioether (sulfide) groups is 1. The van der Waals surface area contributed by atoms with Gasteiger partial charge in [0, 0.05) is 5.75 Å². The summed E-state index contributed by atoms with van der Waals surface area (Å²) >= 11 is 1.33. The minimum absolute atomic E-state index is 0.319. The molecule has 36 heavy (non-hydrogen) atoms. The van der Waals surface area contributed by atoms with E-state index in [1.807, 2.05) is 48.5 Å². The lowest BCUT2D eigenvalue weighted by molar-refractivity contribution is -0.132. The Labute approximate surface area is 212 Å². The van der Waals surface area contributed by atoms with Gasteiger partial charge in [-0.25, -0.2) is 4.98 Å². The van der Waals surface area contributed by atoms with Crippen LogP contribution < -0.4 is 11.0 Å². The third-order valence-corrected chi connectivity index (χ3v) is 6.89. The second-order valence-corrected chi connectivity index (χ2v) is 9.15. The van der Waals surface area contributed by atoms with Crippen LogP contribution in [-0.4, -0.2) is 20.7 Å². The zero-order valence-corrected chi connectivity index (χ0v) is 20.1. The molecule has 6 nitrogen and oxygen atoms in total. The molecule has 0 atom stereocenters. The lowest BCUT2D eigenvalue weighted by Crippen LogP contribution is -2.47. The first-order valence-corrected chi connectivity index (χ1v) is 12.4. The number of amides is 1. The maximum absolute atomic E-state index is 13.8. The monoisotopic (exact) mass is 493 g/mol. The van der Waals surface area contributed by atoms with Crippen molar-refractivity contribution in [1.82, 2.24) is 9.66 Å². The van der Waals surface area contributed by atoms with Gasteiger partial charge < -0.3 is 5.11 Å². The van der Waals surface area contributed by atoms with Crippen LogP contribution >= 0.6 is 11.8 Å². The van der Waals surface area contributed by atoms with E-state index in [1.165, 1.54) is 11.8 Å². The molecule has 0 aliphatic carbocycles. The number of aromatic nitrogens is 2. The van der Waals surface area contributed by atoms with Gasteiger partial charge in [0.1, 0.15) is 0 Å². The first-order chi connectivity index (χ1) is 17.6. The number of carbonyl (C=O) groups excluding carboxylic acids is 1. The highest BCUT2D eigenvalue weighted by Crippen LogP contribution is 2.30. The molecule has 0 unspecified atom stereocenters. The molecule has 0 radical (unpaired) electrons. The summed E-state index contributed by atoms with van der Waals surface area (Å²) in [5, 5.41) is 12.5. The SMILES string of the molecule is O=C(Nn1c(SCc2ccccc2)nc2ccccc2c1=O)C(O)(c1ccccc1)c1ccccc1. The zero-order chi connectivity index (χ0) is 25.0. The quantitative estimate of drug-likeness (QED) is 0.254. The Kier molecular flexibility index (Phi) is 6.66. The topological polar surface area (TPSA) is 84.2 Å². The highest BCUT2D eigenvalue weighted by molar-refractivity contribution is 7.98. The molecule has 0 aliphatic rings. The number of fused-ring (bicyclic) bond motifs is 1. The summed E-state index contributed by atoms with van der Waals surface area (Å²) in [6.07, 6.45) is 0. The van der Waals surface area contributed by atoms with Crippen molar-refractivity contribution in [2.45, 2.75) is 16.5 Å². The summed E-state index contributed by atoms with van der Waals surface area (Å²) in [6.45, 7) is 0. The van der Waals surface area contributed by atoms with E-state index < -0.39 is 17.1 Å². The smallest absolute Gasteiger partial charge is 0.281 e. The van der Waals surface area contributed by atoms with Gasteiger partial charge in [-0.15, -0.1) is 0 Å². The van der Waals surface area contributed by atoms with Crippen LogP contribution in [0.5, 0.6) is 0 Å². The van der Waals surface area contributed by atoms with Crippen LogP contribution in [0, 0.1) is 0 Å². The number of hydrogen-bond donors (Lipinski definition) is 2. The Balaban J connectivity index is 1.59. The normalized spacial score (nSPS) is 11.4. The van der Waals surface area contributed by atoms with Crippen LogP contribution in [0.1, 0.15) is 16.7 Å². The van der Waals surface area contributed by atoms with E-state index in [0.29, 0.717) is 32.9 Å². The summed E-state index contributed by atoms with van der Waals surface area (Å²) in [6, 6.07) is 34.1. The zero-order valence-electron chi connectivity index (χ0n) is 19.2. The highest BCUT2D eigenvalue weighted by atomic mass is 32.2. The van der Waals surface area contributed by atoms with Crippen LogP contribution in [0.4, 0.5) is 0 Å². The number of benzene rings is 4. The van der Waals surface area contributed by atoms with Gasteiger partial charge in [0.15, 0.2) is 10.8 Å². The number of rotatable bonds is 7. The fraction of sp³-hybridized carbons (Fsp3) is 0.0690. The van der Waals surface area contributed by atoms with Gasteiger partial charge in [-0.1, -0.05) is 115 Å². The molecular formula is C29H23N3O3S. The van der Waals surface area contributed by atoms with E-state index in [2.05, 4.69) is 10.4 Å². The molecule has 0 saturated heterocycles. The molecule has 0 bridgehead atoms. The van der Waals surface area contributed by atoms with Crippen molar-refractivity contribution in [1.29, 1.82) is 0 Å². The number of nitrogens with one attached hydrogen (secondary N) is 1. The van der Waals surface area contributed by atoms with E-state index in [9.17, 15) is 14.7 Å². The first-order valence-electron chi connectivity index (χ1n) is 11.4. The molecular weight excluding hydrogens is 470 g/mol. The lowest BCUT2D eigenvalue weighted by atomic mass is 9.85. The summed E-state index contributed by atoms with van der Waals surface area (Å²) in [5.74, 6) is -0.219. The molecule has 1 aromatic heterocycles. The molecule has 5 rings (SSSR count). The summed E-state index contributed by atoms with van der Waals surface area (Å²) in [7, 11) is 0. The summed E-state index contributed by atoms with van der Waals surface area (Å²) in [5.41, 5.74) is 2.57. The van der Waals surface area contributed by atoms with Gasteiger partial charge >= 0.3 is 0 Å². The summed E-state index contributed by atoms with van der Waals surface area (Å²) in [4.78, 5) is 32.0. The van der Waals surface area contributed by atoms with E-state index in [1.54, 1.807) is 66.7 Å². The molecule has 2 N–H and O–H groups in total. The van der Waals surface area contributed by atoms with Gasteiger partial charge in [0.2, 0.25) is 0 Å². The third-order valence-electron chi connectivity index (χ3n) is 5.88. The number of hydrogen-bond acceptors (Lipinski definition) is 5. The van der Waals surface area contributed by atoms with Gasteiger partial charge in [-0.05, 0) is 28.8 Å². The van der Waals surface area contributed by atoms with E-state index in [0.717, 1.165) is 10.2 Å². The number of nitrogens with zero attached hydrogens (tertiary/aromatic N) is 2. The van der Waals surface area contributed by atoms with E-state index >= 15 is 0 Å². The van der Waals surface area contributed by atoms with E-state index in [-0.39, 0.29) is 0 Å².